The molecular weight excluding hydrogens is 246 g/mol. The zero-order chi connectivity index (χ0) is 13.2. The largest absolute Gasteiger partial charge is 0.439 e. The van der Waals surface area contributed by atoms with Crippen LogP contribution in [0.3, 0.4) is 0 Å². The Labute approximate surface area is 113 Å². The van der Waals surface area contributed by atoms with E-state index in [0.717, 1.165) is 11.3 Å². The third-order valence-corrected chi connectivity index (χ3v) is 2.86. The van der Waals surface area contributed by atoms with Crippen LogP contribution in [0, 0.1) is 0 Å². The summed E-state index contributed by atoms with van der Waals surface area (Å²) in [6, 6.07) is 11.2. The van der Waals surface area contributed by atoms with E-state index in [1.165, 1.54) is 0 Å². The standard InChI is InChI=1S/C15H16ClNO/c1-15(2,3)13-5-4-10-17-14(13)18-12-8-6-11(16)7-9-12/h4-10H,1-3H3. The van der Waals surface area contributed by atoms with Crippen LogP contribution in [-0.2, 0) is 5.41 Å². The highest BCUT2D eigenvalue weighted by atomic mass is 35.5. The number of rotatable bonds is 2. The molecule has 0 aliphatic rings. The van der Waals surface area contributed by atoms with Crippen molar-refractivity contribution >= 4 is 11.6 Å². The summed E-state index contributed by atoms with van der Waals surface area (Å²) in [5.41, 5.74) is 1.08. The van der Waals surface area contributed by atoms with Gasteiger partial charge in [0.15, 0.2) is 0 Å². The van der Waals surface area contributed by atoms with Crippen molar-refractivity contribution in [3.8, 4) is 11.6 Å². The van der Waals surface area contributed by atoms with Crippen LogP contribution in [0.5, 0.6) is 11.6 Å². The third kappa shape index (κ3) is 3.02. The molecule has 0 amide bonds. The zero-order valence-corrected chi connectivity index (χ0v) is 11.5. The molecule has 2 nitrogen and oxygen atoms in total. The molecule has 1 aromatic carbocycles. The number of hydrogen-bond donors (Lipinski definition) is 0. The first-order chi connectivity index (χ1) is 8.47. The van der Waals surface area contributed by atoms with Crippen molar-refractivity contribution in [3.05, 3.63) is 53.2 Å². The number of hydrogen-bond acceptors (Lipinski definition) is 2. The average molecular weight is 262 g/mol. The number of benzene rings is 1. The molecule has 0 N–H and O–H groups in total. The molecule has 0 unspecified atom stereocenters. The molecule has 94 valence electrons. The van der Waals surface area contributed by atoms with E-state index < -0.39 is 0 Å². The van der Waals surface area contributed by atoms with Crippen molar-refractivity contribution < 1.29 is 4.74 Å². The van der Waals surface area contributed by atoms with E-state index >= 15 is 0 Å². The fraction of sp³-hybridized carbons (Fsp3) is 0.267. The summed E-state index contributed by atoms with van der Waals surface area (Å²) in [6.45, 7) is 6.41. The molecule has 0 fully saturated rings. The number of aromatic nitrogens is 1. The summed E-state index contributed by atoms with van der Waals surface area (Å²) in [5, 5.41) is 0.694. The highest BCUT2D eigenvalue weighted by Crippen LogP contribution is 2.32. The zero-order valence-electron chi connectivity index (χ0n) is 10.8. The summed E-state index contributed by atoms with van der Waals surface area (Å²) in [5.74, 6) is 1.39. The fourth-order valence-corrected chi connectivity index (χ4v) is 1.78. The molecule has 1 heterocycles. The molecule has 2 rings (SSSR count). The Kier molecular flexibility index (Phi) is 3.58. The van der Waals surface area contributed by atoms with Gasteiger partial charge in [-0.1, -0.05) is 38.4 Å². The fourth-order valence-electron chi connectivity index (χ4n) is 1.66. The lowest BCUT2D eigenvalue weighted by Crippen LogP contribution is -2.13. The minimum atomic E-state index is -0.00395. The van der Waals surface area contributed by atoms with Gasteiger partial charge in [0.2, 0.25) is 5.88 Å². The highest BCUT2D eigenvalue weighted by Gasteiger charge is 2.19. The Hall–Kier alpha value is -1.54. The quantitative estimate of drug-likeness (QED) is 0.773. The molecule has 0 radical (unpaired) electrons. The average Bonchev–Trinajstić information content (AvgIpc) is 2.31. The molecule has 0 aliphatic carbocycles. The maximum absolute atomic E-state index is 5.85. The predicted molar refractivity (Wildman–Crippen MR) is 74.5 cm³/mol. The normalized spacial score (nSPS) is 11.3. The smallest absolute Gasteiger partial charge is 0.222 e. The van der Waals surface area contributed by atoms with Gasteiger partial charge in [0, 0.05) is 16.8 Å². The van der Waals surface area contributed by atoms with Crippen molar-refractivity contribution in [2.45, 2.75) is 26.2 Å². The van der Waals surface area contributed by atoms with E-state index in [1.54, 1.807) is 18.3 Å². The van der Waals surface area contributed by atoms with Gasteiger partial charge in [-0.15, -0.1) is 0 Å². The number of ether oxygens (including phenoxy) is 1. The summed E-state index contributed by atoms with van der Waals surface area (Å²) >= 11 is 5.85. The van der Waals surface area contributed by atoms with Crippen molar-refractivity contribution in [3.63, 3.8) is 0 Å². The van der Waals surface area contributed by atoms with Gasteiger partial charge in [-0.3, -0.25) is 0 Å². The molecule has 0 spiro atoms. The second-order valence-corrected chi connectivity index (χ2v) is 5.60. The van der Waals surface area contributed by atoms with Gasteiger partial charge in [-0.2, -0.15) is 0 Å². The molecule has 1 aromatic heterocycles. The van der Waals surface area contributed by atoms with Crippen molar-refractivity contribution in [2.24, 2.45) is 0 Å². The van der Waals surface area contributed by atoms with Crippen LogP contribution >= 0.6 is 11.6 Å². The Morgan fingerprint density at radius 2 is 1.72 bits per heavy atom. The van der Waals surface area contributed by atoms with Crippen LogP contribution in [0.25, 0.3) is 0 Å². The summed E-state index contributed by atoms with van der Waals surface area (Å²) in [7, 11) is 0. The first kappa shape index (κ1) is 12.9. The molecule has 3 heteroatoms. The lowest BCUT2D eigenvalue weighted by Gasteiger charge is -2.21. The summed E-state index contributed by atoms with van der Waals surface area (Å²) < 4.78 is 5.82. The minimum Gasteiger partial charge on any atom is -0.439 e. The van der Waals surface area contributed by atoms with Gasteiger partial charge in [-0.05, 0) is 35.7 Å². The van der Waals surface area contributed by atoms with Crippen LogP contribution in [0.4, 0.5) is 0 Å². The Balaban J connectivity index is 2.32. The minimum absolute atomic E-state index is 0.00395. The van der Waals surface area contributed by atoms with Crippen LogP contribution in [0.15, 0.2) is 42.6 Å². The predicted octanol–water partition coefficient (Wildman–Crippen LogP) is 4.82. The molecule has 0 saturated heterocycles. The molecule has 0 aliphatic heterocycles. The SMILES string of the molecule is CC(C)(C)c1cccnc1Oc1ccc(Cl)cc1. The highest BCUT2D eigenvalue weighted by molar-refractivity contribution is 6.30. The van der Waals surface area contributed by atoms with Crippen LogP contribution in [0.2, 0.25) is 5.02 Å². The van der Waals surface area contributed by atoms with Crippen molar-refractivity contribution in [1.82, 2.24) is 4.98 Å². The lowest BCUT2D eigenvalue weighted by atomic mass is 9.88. The third-order valence-electron chi connectivity index (χ3n) is 2.61. The molecule has 0 atom stereocenters. The van der Waals surface area contributed by atoms with E-state index in [0.29, 0.717) is 10.9 Å². The van der Waals surface area contributed by atoms with E-state index in [4.69, 9.17) is 16.3 Å². The van der Waals surface area contributed by atoms with Crippen molar-refractivity contribution in [2.75, 3.05) is 0 Å². The number of pyridine rings is 1. The van der Waals surface area contributed by atoms with Gasteiger partial charge in [0.25, 0.3) is 0 Å². The summed E-state index contributed by atoms with van der Waals surface area (Å²) in [4.78, 5) is 4.31. The molecule has 0 saturated carbocycles. The van der Waals surface area contributed by atoms with Gasteiger partial charge in [-0.25, -0.2) is 4.98 Å². The van der Waals surface area contributed by atoms with Crippen molar-refractivity contribution in [1.29, 1.82) is 0 Å². The second-order valence-electron chi connectivity index (χ2n) is 5.16. The van der Waals surface area contributed by atoms with Crippen LogP contribution < -0.4 is 4.74 Å². The Morgan fingerprint density at radius 1 is 1.06 bits per heavy atom. The maximum Gasteiger partial charge on any atom is 0.222 e. The maximum atomic E-state index is 5.85. The van der Waals surface area contributed by atoms with E-state index in [2.05, 4.69) is 25.8 Å². The van der Waals surface area contributed by atoms with Gasteiger partial charge >= 0.3 is 0 Å². The first-order valence-electron chi connectivity index (χ1n) is 5.86. The lowest BCUT2D eigenvalue weighted by molar-refractivity contribution is 0.436. The second kappa shape index (κ2) is 4.99. The van der Waals surface area contributed by atoms with E-state index in [-0.39, 0.29) is 5.41 Å². The first-order valence-corrected chi connectivity index (χ1v) is 6.23. The molecular formula is C15H16ClNO. The topological polar surface area (TPSA) is 22.1 Å². The van der Waals surface area contributed by atoms with E-state index in [1.807, 2.05) is 24.3 Å². The molecule has 0 bridgehead atoms. The van der Waals surface area contributed by atoms with Gasteiger partial charge in [0.05, 0.1) is 0 Å². The Bertz CT molecular complexity index is 529. The van der Waals surface area contributed by atoms with Gasteiger partial charge < -0.3 is 4.74 Å². The van der Waals surface area contributed by atoms with Gasteiger partial charge in [0.1, 0.15) is 5.75 Å². The van der Waals surface area contributed by atoms with Crippen LogP contribution in [-0.4, -0.2) is 4.98 Å². The van der Waals surface area contributed by atoms with Crippen LogP contribution in [0.1, 0.15) is 26.3 Å². The molecule has 18 heavy (non-hydrogen) atoms. The molecule has 2 aromatic rings. The monoisotopic (exact) mass is 261 g/mol. The number of nitrogens with zero attached hydrogens (tertiary/aromatic N) is 1. The van der Waals surface area contributed by atoms with E-state index in [9.17, 15) is 0 Å². The number of halogens is 1. The summed E-state index contributed by atoms with van der Waals surface area (Å²) in [6.07, 6.45) is 1.74. The Morgan fingerprint density at radius 3 is 2.33 bits per heavy atom.